The van der Waals surface area contributed by atoms with Gasteiger partial charge in [-0.2, -0.15) is 0 Å². The van der Waals surface area contributed by atoms with E-state index in [2.05, 4.69) is 9.88 Å². The van der Waals surface area contributed by atoms with Crippen LogP contribution in [0.15, 0.2) is 18.3 Å². The fourth-order valence-corrected chi connectivity index (χ4v) is 1.89. The van der Waals surface area contributed by atoms with Gasteiger partial charge in [0.1, 0.15) is 0 Å². The molecule has 15 heavy (non-hydrogen) atoms. The standard InChI is InChI=1S/C11H17N3O/c1-15-11-4-5-14(8-11)7-10-3-2-9(12)6-13-10/h2-3,6,11H,4-5,7-8,12H2,1H3/t11-/m0/s1. The molecule has 1 aliphatic heterocycles. The number of anilines is 1. The lowest BCUT2D eigenvalue weighted by atomic mass is 10.3. The zero-order chi connectivity index (χ0) is 10.7. The number of hydrogen-bond acceptors (Lipinski definition) is 4. The van der Waals surface area contributed by atoms with Crippen molar-refractivity contribution in [2.24, 2.45) is 0 Å². The van der Waals surface area contributed by atoms with Crippen LogP contribution in [0.4, 0.5) is 5.69 Å². The second-order valence-corrected chi connectivity index (χ2v) is 3.96. The van der Waals surface area contributed by atoms with Gasteiger partial charge in [-0.3, -0.25) is 9.88 Å². The number of hydrogen-bond donors (Lipinski definition) is 1. The van der Waals surface area contributed by atoms with Crippen LogP contribution in [0, 0.1) is 0 Å². The van der Waals surface area contributed by atoms with E-state index >= 15 is 0 Å². The van der Waals surface area contributed by atoms with E-state index in [1.54, 1.807) is 13.3 Å². The first-order chi connectivity index (χ1) is 7.28. The Kier molecular flexibility index (Phi) is 3.18. The number of methoxy groups -OCH3 is 1. The summed E-state index contributed by atoms with van der Waals surface area (Å²) in [6.07, 6.45) is 3.21. The summed E-state index contributed by atoms with van der Waals surface area (Å²) in [5, 5.41) is 0. The van der Waals surface area contributed by atoms with Crippen LogP contribution in [0.1, 0.15) is 12.1 Å². The summed E-state index contributed by atoms with van der Waals surface area (Å²) in [5.74, 6) is 0. The number of nitrogen functional groups attached to an aromatic ring is 1. The van der Waals surface area contributed by atoms with Crippen LogP contribution in [0.25, 0.3) is 0 Å². The molecule has 0 unspecified atom stereocenters. The maximum Gasteiger partial charge on any atom is 0.0710 e. The first-order valence-electron chi connectivity index (χ1n) is 5.23. The molecule has 0 spiro atoms. The maximum absolute atomic E-state index is 5.58. The van der Waals surface area contributed by atoms with E-state index in [0.29, 0.717) is 6.10 Å². The summed E-state index contributed by atoms with van der Waals surface area (Å²) in [5.41, 5.74) is 7.37. The Morgan fingerprint density at radius 1 is 1.60 bits per heavy atom. The first-order valence-corrected chi connectivity index (χ1v) is 5.23. The second kappa shape index (κ2) is 4.59. The molecule has 82 valence electrons. The Balaban J connectivity index is 1.90. The molecule has 1 saturated heterocycles. The highest BCUT2D eigenvalue weighted by Gasteiger charge is 2.21. The van der Waals surface area contributed by atoms with E-state index in [4.69, 9.17) is 10.5 Å². The Morgan fingerprint density at radius 3 is 3.07 bits per heavy atom. The van der Waals surface area contributed by atoms with Gasteiger partial charge in [-0.05, 0) is 18.6 Å². The molecule has 2 heterocycles. The third-order valence-electron chi connectivity index (χ3n) is 2.80. The lowest BCUT2D eigenvalue weighted by Crippen LogP contribution is -2.22. The van der Waals surface area contributed by atoms with E-state index < -0.39 is 0 Å². The van der Waals surface area contributed by atoms with Gasteiger partial charge in [-0.25, -0.2) is 0 Å². The highest BCUT2D eigenvalue weighted by atomic mass is 16.5. The lowest BCUT2D eigenvalue weighted by molar-refractivity contribution is 0.107. The van der Waals surface area contributed by atoms with Crippen LogP contribution in [-0.2, 0) is 11.3 Å². The minimum Gasteiger partial charge on any atom is -0.397 e. The quantitative estimate of drug-likeness (QED) is 0.799. The van der Waals surface area contributed by atoms with Crippen molar-refractivity contribution in [3.8, 4) is 0 Å². The highest BCUT2D eigenvalue weighted by molar-refractivity contribution is 5.34. The monoisotopic (exact) mass is 207 g/mol. The van der Waals surface area contributed by atoms with E-state index in [9.17, 15) is 0 Å². The van der Waals surface area contributed by atoms with Crippen molar-refractivity contribution in [1.82, 2.24) is 9.88 Å². The average molecular weight is 207 g/mol. The zero-order valence-electron chi connectivity index (χ0n) is 9.02. The molecule has 0 aromatic carbocycles. The molecule has 0 saturated carbocycles. The summed E-state index contributed by atoms with van der Waals surface area (Å²) in [4.78, 5) is 6.64. The smallest absolute Gasteiger partial charge is 0.0710 e. The molecule has 0 amide bonds. The minimum atomic E-state index is 0.388. The molecule has 1 atom stereocenters. The van der Waals surface area contributed by atoms with Gasteiger partial charge < -0.3 is 10.5 Å². The highest BCUT2D eigenvalue weighted by Crippen LogP contribution is 2.14. The molecule has 1 fully saturated rings. The van der Waals surface area contributed by atoms with E-state index in [1.807, 2.05) is 12.1 Å². The van der Waals surface area contributed by atoms with Crippen molar-refractivity contribution < 1.29 is 4.74 Å². The molecule has 4 nitrogen and oxygen atoms in total. The Bertz CT molecular complexity index is 312. The summed E-state index contributed by atoms with van der Waals surface area (Å²) < 4.78 is 5.32. The molecule has 0 radical (unpaired) electrons. The molecular weight excluding hydrogens is 190 g/mol. The minimum absolute atomic E-state index is 0.388. The van der Waals surface area contributed by atoms with Crippen LogP contribution in [-0.4, -0.2) is 36.2 Å². The van der Waals surface area contributed by atoms with Crippen molar-refractivity contribution in [2.75, 3.05) is 25.9 Å². The topological polar surface area (TPSA) is 51.4 Å². The number of nitrogens with zero attached hydrogens (tertiary/aromatic N) is 2. The van der Waals surface area contributed by atoms with Gasteiger partial charge in [0.2, 0.25) is 0 Å². The van der Waals surface area contributed by atoms with Crippen molar-refractivity contribution in [1.29, 1.82) is 0 Å². The molecule has 1 aliphatic rings. The van der Waals surface area contributed by atoms with E-state index in [-0.39, 0.29) is 0 Å². The normalized spacial score (nSPS) is 22.1. The number of ether oxygens (including phenoxy) is 1. The third kappa shape index (κ3) is 2.67. The molecule has 2 rings (SSSR count). The van der Waals surface area contributed by atoms with Gasteiger partial charge in [-0.1, -0.05) is 0 Å². The van der Waals surface area contributed by atoms with E-state index in [0.717, 1.165) is 37.4 Å². The molecule has 2 N–H and O–H groups in total. The van der Waals surface area contributed by atoms with Crippen molar-refractivity contribution in [3.05, 3.63) is 24.0 Å². The molecule has 1 aromatic rings. The summed E-state index contributed by atoms with van der Waals surface area (Å²) in [7, 11) is 1.77. The number of nitrogens with two attached hydrogens (primary N) is 1. The van der Waals surface area contributed by atoms with Crippen molar-refractivity contribution >= 4 is 5.69 Å². The number of likely N-dealkylation sites (tertiary alicyclic amines) is 1. The predicted octanol–water partition coefficient (Wildman–Crippen LogP) is 0.885. The van der Waals surface area contributed by atoms with Crippen LogP contribution in [0.5, 0.6) is 0 Å². The SMILES string of the molecule is CO[C@H]1CCN(Cc2ccc(N)cn2)C1. The van der Waals surface area contributed by atoms with Crippen molar-refractivity contribution in [3.63, 3.8) is 0 Å². The maximum atomic E-state index is 5.58. The van der Waals surface area contributed by atoms with Crippen molar-refractivity contribution in [2.45, 2.75) is 19.1 Å². The zero-order valence-corrected chi connectivity index (χ0v) is 9.02. The largest absolute Gasteiger partial charge is 0.397 e. The fourth-order valence-electron chi connectivity index (χ4n) is 1.89. The van der Waals surface area contributed by atoms with Gasteiger partial charge in [0.15, 0.2) is 0 Å². The van der Waals surface area contributed by atoms with Gasteiger partial charge in [0, 0.05) is 26.7 Å². The lowest BCUT2D eigenvalue weighted by Gasteiger charge is -2.14. The Labute approximate surface area is 90.0 Å². The van der Waals surface area contributed by atoms with Gasteiger partial charge in [0.05, 0.1) is 23.7 Å². The number of rotatable bonds is 3. The van der Waals surface area contributed by atoms with Crippen LogP contribution in [0.3, 0.4) is 0 Å². The predicted molar refractivity (Wildman–Crippen MR) is 59.3 cm³/mol. The molecule has 1 aromatic heterocycles. The second-order valence-electron chi connectivity index (χ2n) is 3.96. The molecular formula is C11H17N3O. The van der Waals surface area contributed by atoms with Crippen LogP contribution in [0.2, 0.25) is 0 Å². The summed E-state index contributed by atoms with van der Waals surface area (Å²) in [6.45, 7) is 2.98. The number of pyridine rings is 1. The number of aromatic nitrogens is 1. The molecule has 0 aliphatic carbocycles. The first kappa shape index (κ1) is 10.4. The van der Waals surface area contributed by atoms with Gasteiger partial charge in [0.25, 0.3) is 0 Å². The third-order valence-corrected chi connectivity index (χ3v) is 2.80. The summed E-state index contributed by atoms with van der Waals surface area (Å²) in [6, 6.07) is 3.88. The van der Waals surface area contributed by atoms with Crippen LogP contribution >= 0.6 is 0 Å². The van der Waals surface area contributed by atoms with Gasteiger partial charge in [-0.15, -0.1) is 0 Å². The van der Waals surface area contributed by atoms with E-state index in [1.165, 1.54) is 0 Å². The summed E-state index contributed by atoms with van der Waals surface area (Å²) >= 11 is 0. The molecule has 0 bridgehead atoms. The average Bonchev–Trinajstić information content (AvgIpc) is 2.69. The Morgan fingerprint density at radius 2 is 2.47 bits per heavy atom. The molecule has 4 heteroatoms. The fraction of sp³-hybridized carbons (Fsp3) is 0.545. The van der Waals surface area contributed by atoms with Gasteiger partial charge >= 0.3 is 0 Å². The Hall–Kier alpha value is -1.13. The van der Waals surface area contributed by atoms with Crippen LogP contribution < -0.4 is 5.73 Å².